The van der Waals surface area contributed by atoms with Crippen molar-refractivity contribution in [3.05, 3.63) is 124 Å². The van der Waals surface area contributed by atoms with Gasteiger partial charge in [0.25, 0.3) is 0 Å². The summed E-state index contributed by atoms with van der Waals surface area (Å²) in [5, 5.41) is 0. The maximum Gasteiger partial charge on any atom is 0.416 e. The van der Waals surface area contributed by atoms with E-state index in [4.69, 9.17) is 0 Å². The Balaban J connectivity index is 1.77. The number of halogens is 3. The van der Waals surface area contributed by atoms with E-state index in [1.807, 2.05) is 0 Å². The summed E-state index contributed by atoms with van der Waals surface area (Å²) >= 11 is 0. The molecule has 3 aromatic rings. The van der Waals surface area contributed by atoms with Gasteiger partial charge in [0.2, 0.25) is 0 Å². The SMILES string of the molecule is C=C(CC1=C(c2ccc(C)c(C)c2)Cc2cccc(C)c2C1=C)c1ccc(C(F)(F)F)cc1. The van der Waals surface area contributed by atoms with E-state index in [1.165, 1.54) is 45.5 Å². The van der Waals surface area contributed by atoms with Gasteiger partial charge in [-0.15, -0.1) is 0 Å². The third-order valence-corrected chi connectivity index (χ3v) is 6.62. The van der Waals surface area contributed by atoms with Crippen molar-refractivity contribution in [2.45, 2.75) is 39.8 Å². The van der Waals surface area contributed by atoms with Gasteiger partial charge in [0, 0.05) is 0 Å². The molecule has 168 valence electrons. The van der Waals surface area contributed by atoms with Gasteiger partial charge < -0.3 is 0 Å². The first-order valence-electron chi connectivity index (χ1n) is 11.0. The molecular weight excluding hydrogens is 417 g/mol. The van der Waals surface area contributed by atoms with Gasteiger partial charge in [-0.1, -0.05) is 61.7 Å². The number of allylic oxidation sites excluding steroid dienone is 4. The Bertz CT molecular complexity index is 1290. The summed E-state index contributed by atoms with van der Waals surface area (Å²) in [5.74, 6) is 0. The van der Waals surface area contributed by atoms with Crippen LogP contribution in [-0.2, 0) is 12.6 Å². The van der Waals surface area contributed by atoms with E-state index in [2.05, 4.69) is 70.3 Å². The van der Waals surface area contributed by atoms with Gasteiger partial charge >= 0.3 is 6.18 Å². The summed E-state index contributed by atoms with van der Waals surface area (Å²) in [4.78, 5) is 0. The molecule has 0 bridgehead atoms. The summed E-state index contributed by atoms with van der Waals surface area (Å²) in [6.07, 6.45) is -3.04. The molecule has 0 heterocycles. The van der Waals surface area contributed by atoms with Gasteiger partial charge in [0.15, 0.2) is 0 Å². The Labute approximate surface area is 193 Å². The van der Waals surface area contributed by atoms with Crippen molar-refractivity contribution in [2.24, 2.45) is 0 Å². The van der Waals surface area contributed by atoms with Gasteiger partial charge in [0.05, 0.1) is 5.56 Å². The Morgan fingerprint density at radius 3 is 2.21 bits per heavy atom. The van der Waals surface area contributed by atoms with Crippen LogP contribution in [0.3, 0.4) is 0 Å². The summed E-state index contributed by atoms with van der Waals surface area (Å²) < 4.78 is 38.9. The standard InChI is InChI=1S/C30H27F3/c1-18-9-10-24(15-20(18)3)28-17-25-8-6-7-19(2)29(25)22(5)27(28)16-21(4)23-11-13-26(14-12-23)30(31,32)33/h6-15H,4-5,16-17H2,1-3H3. The quantitative estimate of drug-likeness (QED) is 0.377. The molecule has 4 rings (SSSR count). The molecule has 1 aliphatic carbocycles. The van der Waals surface area contributed by atoms with E-state index < -0.39 is 11.7 Å². The smallest absolute Gasteiger partial charge is 0.166 e. The maximum atomic E-state index is 13.0. The molecule has 1 aliphatic rings. The molecule has 3 heteroatoms. The molecule has 0 amide bonds. The zero-order valence-electron chi connectivity index (χ0n) is 19.2. The highest BCUT2D eigenvalue weighted by Crippen LogP contribution is 2.44. The predicted octanol–water partition coefficient (Wildman–Crippen LogP) is 8.76. The van der Waals surface area contributed by atoms with Crippen LogP contribution < -0.4 is 0 Å². The van der Waals surface area contributed by atoms with Crippen molar-refractivity contribution in [3.8, 4) is 0 Å². The highest BCUT2D eigenvalue weighted by molar-refractivity contribution is 5.96. The van der Waals surface area contributed by atoms with E-state index in [0.29, 0.717) is 12.0 Å². The molecule has 0 spiro atoms. The van der Waals surface area contributed by atoms with Gasteiger partial charge in [-0.05, 0) is 107 Å². The molecule has 0 nitrogen and oxygen atoms in total. The van der Waals surface area contributed by atoms with Crippen LogP contribution >= 0.6 is 0 Å². The second kappa shape index (κ2) is 8.55. The van der Waals surface area contributed by atoms with Crippen LogP contribution in [0.25, 0.3) is 16.7 Å². The van der Waals surface area contributed by atoms with Gasteiger partial charge in [0.1, 0.15) is 0 Å². The zero-order chi connectivity index (χ0) is 23.9. The van der Waals surface area contributed by atoms with E-state index in [0.717, 1.165) is 40.8 Å². The number of hydrogen-bond acceptors (Lipinski definition) is 0. The van der Waals surface area contributed by atoms with Crippen molar-refractivity contribution in [3.63, 3.8) is 0 Å². The maximum absolute atomic E-state index is 13.0. The van der Waals surface area contributed by atoms with E-state index >= 15 is 0 Å². The van der Waals surface area contributed by atoms with Crippen LogP contribution in [-0.4, -0.2) is 0 Å². The zero-order valence-corrected chi connectivity index (χ0v) is 19.2. The number of hydrogen-bond donors (Lipinski definition) is 0. The molecule has 0 aliphatic heterocycles. The number of fused-ring (bicyclic) bond motifs is 1. The van der Waals surface area contributed by atoms with Gasteiger partial charge in [-0.3, -0.25) is 0 Å². The fraction of sp³-hybridized carbons (Fsp3) is 0.200. The minimum absolute atomic E-state index is 0.528. The fourth-order valence-corrected chi connectivity index (χ4v) is 4.57. The molecule has 0 atom stereocenters. The molecule has 3 aromatic carbocycles. The second-order valence-electron chi connectivity index (χ2n) is 8.88. The van der Waals surface area contributed by atoms with Crippen molar-refractivity contribution in [2.75, 3.05) is 0 Å². The largest absolute Gasteiger partial charge is 0.416 e. The summed E-state index contributed by atoms with van der Waals surface area (Å²) in [5.41, 5.74) is 11.3. The molecule has 0 aromatic heterocycles. The number of benzene rings is 3. The first-order chi connectivity index (χ1) is 15.6. The van der Waals surface area contributed by atoms with Gasteiger partial charge in [-0.2, -0.15) is 13.2 Å². The Morgan fingerprint density at radius 2 is 1.58 bits per heavy atom. The fourth-order valence-electron chi connectivity index (χ4n) is 4.57. The Morgan fingerprint density at radius 1 is 0.879 bits per heavy atom. The average Bonchev–Trinajstić information content (AvgIpc) is 2.77. The number of aryl methyl sites for hydroxylation is 3. The van der Waals surface area contributed by atoms with Crippen LogP contribution in [0, 0.1) is 20.8 Å². The van der Waals surface area contributed by atoms with Crippen LogP contribution in [0.1, 0.15) is 50.9 Å². The molecule has 0 unspecified atom stereocenters. The molecule has 0 radical (unpaired) electrons. The Hall–Kier alpha value is -3.33. The first-order valence-corrected chi connectivity index (χ1v) is 11.0. The third-order valence-electron chi connectivity index (χ3n) is 6.62. The first kappa shape index (κ1) is 22.8. The Kier molecular flexibility index (Phi) is 5.92. The lowest BCUT2D eigenvalue weighted by molar-refractivity contribution is -0.137. The lowest BCUT2D eigenvalue weighted by Crippen LogP contribution is -2.10. The van der Waals surface area contributed by atoms with Crippen LogP contribution in [0.15, 0.2) is 79.4 Å². The van der Waals surface area contributed by atoms with Crippen molar-refractivity contribution in [1.82, 2.24) is 0 Å². The topological polar surface area (TPSA) is 0 Å². The summed E-state index contributed by atoms with van der Waals surface area (Å²) in [6.45, 7) is 15.0. The third kappa shape index (κ3) is 4.45. The van der Waals surface area contributed by atoms with E-state index in [-0.39, 0.29) is 0 Å². The average molecular weight is 445 g/mol. The van der Waals surface area contributed by atoms with E-state index in [9.17, 15) is 13.2 Å². The highest BCUT2D eigenvalue weighted by Gasteiger charge is 2.30. The number of alkyl halides is 3. The monoisotopic (exact) mass is 444 g/mol. The van der Waals surface area contributed by atoms with Crippen LogP contribution in [0.5, 0.6) is 0 Å². The molecule has 0 saturated heterocycles. The van der Waals surface area contributed by atoms with Crippen molar-refractivity contribution in [1.29, 1.82) is 0 Å². The van der Waals surface area contributed by atoms with Crippen molar-refractivity contribution < 1.29 is 13.2 Å². The minimum Gasteiger partial charge on any atom is -0.166 e. The summed E-state index contributed by atoms with van der Waals surface area (Å²) in [7, 11) is 0. The highest BCUT2D eigenvalue weighted by atomic mass is 19.4. The van der Waals surface area contributed by atoms with Crippen LogP contribution in [0.4, 0.5) is 13.2 Å². The normalized spacial score (nSPS) is 13.8. The number of rotatable bonds is 4. The molecule has 0 fully saturated rings. The van der Waals surface area contributed by atoms with E-state index in [1.54, 1.807) is 0 Å². The van der Waals surface area contributed by atoms with Gasteiger partial charge in [-0.25, -0.2) is 0 Å². The molecule has 33 heavy (non-hydrogen) atoms. The van der Waals surface area contributed by atoms with Crippen molar-refractivity contribution >= 4 is 16.7 Å². The molecule has 0 N–H and O–H groups in total. The second-order valence-corrected chi connectivity index (χ2v) is 8.88. The molecule has 0 saturated carbocycles. The lowest BCUT2D eigenvalue weighted by Gasteiger charge is -2.28. The van der Waals surface area contributed by atoms with Crippen LogP contribution in [0.2, 0.25) is 0 Å². The lowest BCUT2D eigenvalue weighted by atomic mass is 9.76. The minimum atomic E-state index is -4.35. The summed E-state index contributed by atoms with van der Waals surface area (Å²) in [6, 6.07) is 18.1. The predicted molar refractivity (Wildman–Crippen MR) is 132 cm³/mol. The molecular formula is C30H27F3.